The molecule has 0 radical (unpaired) electrons. The third-order valence-corrected chi connectivity index (χ3v) is 4.93. The Morgan fingerprint density at radius 1 is 1.26 bits per heavy atom. The largest absolute Gasteiger partial charge is 0.297 e. The average molecular weight is 283 g/mol. The van der Waals surface area contributed by atoms with E-state index in [0.717, 1.165) is 26.1 Å². The third kappa shape index (κ3) is 3.76. The van der Waals surface area contributed by atoms with Gasteiger partial charge in [-0.1, -0.05) is 24.3 Å². The molecule has 19 heavy (non-hydrogen) atoms. The van der Waals surface area contributed by atoms with E-state index in [2.05, 4.69) is 33.9 Å². The number of benzene rings is 1. The molecular formula is C13H21N3O2S. The Bertz CT molecular complexity index is 528. The summed E-state index contributed by atoms with van der Waals surface area (Å²) < 4.78 is 26.9. The second-order valence-corrected chi connectivity index (χ2v) is 6.95. The van der Waals surface area contributed by atoms with Crippen LogP contribution in [0.15, 0.2) is 24.3 Å². The number of nitrogens with zero attached hydrogens (tertiary/aromatic N) is 2. The lowest BCUT2D eigenvalue weighted by Gasteiger charge is -2.28. The highest BCUT2D eigenvalue weighted by Gasteiger charge is 2.17. The summed E-state index contributed by atoms with van der Waals surface area (Å²) in [6.07, 6.45) is 1.04. The van der Waals surface area contributed by atoms with Crippen LogP contribution >= 0.6 is 0 Å². The van der Waals surface area contributed by atoms with Crippen LogP contribution in [0.2, 0.25) is 0 Å². The van der Waals surface area contributed by atoms with Gasteiger partial charge < -0.3 is 0 Å². The molecule has 0 amide bonds. The smallest absolute Gasteiger partial charge is 0.278 e. The zero-order valence-electron chi connectivity index (χ0n) is 11.5. The van der Waals surface area contributed by atoms with E-state index in [1.54, 1.807) is 0 Å². The molecule has 0 saturated heterocycles. The molecule has 0 aromatic heterocycles. The Labute approximate surface area is 115 Å². The van der Waals surface area contributed by atoms with Gasteiger partial charge in [0.15, 0.2) is 0 Å². The van der Waals surface area contributed by atoms with Gasteiger partial charge in [0, 0.05) is 40.3 Å². The van der Waals surface area contributed by atoms with E-state index in [1.165, 1.54) is 29.5 Å². The van der Waals surface area contributed by atoms with Gasteiger partial charge in [-0.3, -0.25) is 4.90 Å². The molecule has 106 valence electrons. The lowest BCUT2D eigenvalue weighted by atomic mass is 10.0. The maximum atomic E-state index is 11.6. The molecule has 1 aliphatic heterocycles. The zero-order chi connectivity index (χ0) is 13.9. The number of fused-ring (bicyclic) bond motifs is 1. The van der Waals surface area contributed by atoms with Crippen LogP contribution in [-0.4, -0.2) is 51.4 Å². The minimum Gasteiger partial charge on any atom is -0.297 e. The number of rotatable bonds is 5. The molecule has 5 nitrogen and oxygen atoms in total. The second kappa shape index (κ2) is 6.00. The molecule has 1 N–H and O–H groups in total. The fourth-order valence-corrected chi connectivity index (χ4v) is 2.81. The highest BCUT2D eigenvalue weighted by Crippen LogP contribution is 2.17. The van der Waals surface area contributed by atoms with Crippen molar-refractivity contribution in [1.82, 2.24) is 13.9 Å². The van der Waals surface area contributed by atoms with Crippen LogP contribution in [0, 0.1) is 0 Å². The first-order chi connectivity index (χ1) is 8.99. The summed E-state index contributed by atoms with van der Waals surface area (Å²) in [6, 6.07) is 8.43. The molecule has 1 aromatic carbocycles. The number of nitrogens with one attached hydrogen (secondary N) is 1. The van der Waals surface area contributed by atoms with Crippen molar-refractivity contribution in [3.63, 3.8) is 0 Å². The van der Waals surface area contributed by atoms with Gasteiger partial charge in [-0.15, -0.1) is 0 Å². The monoisotopic (exact) mass is 283 g/mol. The van der Waals surface area contributed by atoms with Crippen LogP contribution in [0.4, 0.5) is 0 Å². The Balaban J connectivity index is 1.84. The minimum atomic E-state index is -3.30. The van der Waals surface area contributed by atoms with Crippen LogP contribution in [0.3, 0.4) is 0 Å². The average Bonchev–Trinajstić information content (AvgIpc) is 2.38. The fourth-order valence-electron chi connectivity index (χ4n) is 2.21. The number of hydrogen-bond donors (Lipinski definition) is 1. The standard InChI is InChI=1S/C13H21N3O2S/c1-15(2)19(17,18)14-8-10-16-9-7-12-5-3-4-6-13(12)11-16/h3-6,14H,7-11H2,1-2H3. The van der Waals surface area contributed by atoms with Gasteiger partial charge in [0.05, 0.1) is 0 Å². The van der Waals surface area contributed by atoms with Gasteiger partial charge in [-0.2, -0.15) is 12.7 Å². The molecule has 0 saturated carbocycles. The van der Waals surface area contributed by atoms with Gasteiger partial charge in [-0.25, -0.2) is 4.72 Å². The molecule has 1 aliphatic rings. The first kappa shape index (κ1) is 14.5. The normalized spacial score (nSPS) is 16.6. The maximum Gasteiger partial charge on any atom is 0.278 e. The van der Waals surface area contributed by atoms with Crippen LogP contribution in [-0.2, 0) is 23.2 Å². The van der Waals surface area contributed by atoms with Crippen molar-refractivity contribution in [3.05, 3.63) is 35.4 Å². The van der Waals surface area contributed by atoms with Crippen molar-refractivity contribution in [3.8, 4) is 0 Å². The third-order valence-electron chi connectivity index (χ3n) is 3.40. The Kier molecular flexibility index (Phi) is 4.57. The van der Waals surface area contributed by atoms with Gasteiger partial charge in [-0.05, 0) is 17.5 Å². The van der Waals surface area contributed by atoms with Gasteiger partial charge >= 0.3 is 0 Å². The molecule has 0 atom stereocenters. The first-order valence-corrected chi connectivity index (χ1v) is 7.89. The molecule has 1 heterocycles. The molecule has 1 aromatic rings. The summed E-state index contributed by atoms with van der Waals surface area (Å²) in [5, 5.41) is 0. The van der Waals surface area contributed by atoms with Gasteiger partial charge in [0.1, 0.15) is 0 Å². The SMILES string of the molecule is CN(C)S(=O)(=O)NCCN1CCc2ccccc2C1. The molecule has 0 fully saturated rings. The molecule has 0 bridgehead atoms. The fraction of sp³-hybridized carbons (Fsp3) is 0.538. The van der Waals surface area contributed by atoms with E-state index in [9.17, 15) is 8.42 Å². The molecule has 0 spiro atoms. The van der Waals surface area contributed by atoms with Crippen LogP contribution in [0.5, 0.6) is 0 Å². The summed E-state index contributed by atoms with van der Waals surface area (Å²) in [5.41, 5.74) is 2.76. The van der Waals surface area contributed by atoms with Crippen molar-refractivity contribution < 1.29 is 8.42 Å². The molecule has 2 rings (SSSR count). The number of hydrogen-bond acceptors (Lipinski definition) is 3. The van der Waals surface area contributed by atoms with Crippen molar-refractivity contribution in [2.45, 2.75) is 13.0 Å². The highest BCUT2D eigenvalue weighted by molar-refractivity contribution is 7.87. The van der Waals surface area contributed by atoms with Gasteiger partial charge in [0.25, 0.3) is 10.2 Å². The van der Waals surface area contributed by atoms with Crippen LogP contribution in [0.25, 0.3) is 0 Å². The van der Waals surface area contributed by atoms with E-state index < -0.39 is 10.2 Å². The summed E-state index contributed by atoms with van der Waals surface area (Å²) in [4.78, 5) is 2.28. The topological polar surface area (TPSA) is 52.7 Å². The van der Waals surface area contributed by atoms with Crippen LogP contribution in [0.1, 0.15) is 11.1 Å². The minimum absolute atomic E-state index is 0.447. The summed E-state index contributed by atoms with van der Waals surface area (Å²) in [7, 11) is -0.248. The van der Waals surface area contributed by atoms with Crippen LogP contribution < -0.4 is 4.72 Å². The van der Waals surface area contributed by atoms with E-state index >= 15 is 0 Å². The Morgan fingerprint density at radius 2 is 1.95 bits per heavy atom. The summed E-state index contributed by atoms with van der Waals surface area (Å²) in [6.45, 7) is 3.07. The molecular weight excluding hydrogens is 262 g/mol. The van der Waals surface area contributed by atoms with E-state index in [0.29, 0.717) is 6.54 Å². The van der Waals surface area contributed by atoms with Crippen molar-refractivity contribution in [1.29, 1.82) is 0 Å². The van der Waals surface area contributed by atoms with Crippen molar-refractivity contribution >= 4 is 10.2 Å². The van der Waals surface area contributed by atoms with E-state index in [-0.39, 0.29) is 0 Å². The summed E-state index contributed by atoms with van der Waals surface area (Å²) in [5.74, 6) is 0. The highest BCUT2D eigenvalue weighted by atomic mass is 32.2. The van der Waals surface area contributed by atoms with E-state index in [4.69, 9.17) is 0 Å². The lowest BCUT2D eigenvalue weighted by Crippen LogP contribution is -2.41. The first-order valence-electron chi connectivity index (χ1n) is 6.45. The predicted octanol–water partition coefficient (Wildman–Crippen LogP) is 0.441. The van der Waals surface area contributed by atoms with E-state index in [1.807, 2.05) is 0 Å². The summed E-state index contributed by atoms with van der Waals surface area (Å²) >= 11 is 0. The molecule has 6 heteroatoms. The maximum absolute atomic E-state index is 11.6. The Hall–Kier alpha value is -0.950. The van der Waals surface area contributed by atoms with Gasteiger partial charge in [0.2, 0.25) is 0 Å². The van der Waals surface area contributed by atoms with Crippen molar-refractivity contribution in [2.75, 3.05) is 33.7 Å². The zero-order valence-corrected chi connectivity index (χ0v) is 12.3. The second-order valence-electron chi connectivity index (χ2n) is 4.98. The quantitative estimate of drug-likeness (QED) is 0.853. The lowest BCUT2D eigenvalue weighted by molar-refractivity contribution is 0.258. The molecule has 0 unspecified atom stereocenters. The molecule has 0 aliphatic carbocycles. The predicted molar refractivity (Wildman–Crippen MR) is 76.0 cm³/mol. The Morgan fingerprint density at radius 3 is 2.63 bits per heavy atom. The van der Waals surface area contributed by atoms with Crippen molar-refractivity contribution in [2.24, 2.45) is 0 Å².